The van der Waals surface area contributed by atoms with Gasteiger partial charge in [0.05, 0.1) is 32.3 Å². The maximum absolute atomic E-state index is 13.0. The number of aliphatic hydroxyl groups excluding tert-OH is 1. The van der Waals surface area contributed by atoms with Crippen LogP contribution in [-0.4, -0.2) is 96.9 Å². The molecule has 2 N–H and O–H groups in total. The number of nitrogens with one attached hydrogen (secondary N) is 1. The average molecular weight is 724 g/mol. The molecule has 1 aromatic heterocycles. The van der Waals surface area contributed by atoms with E-state index in [4.69, 9.17) is 35.9 Å². The third-order valence-electron chi connectivity index (χ3n) is 8.92. The molecule has 3 aromatic carbocycles. The Morgan fingerprint density at radius 1 is 0.900 bits per heavy atom. The summed E-state index contributed by atoms with van der Waals surface area (Å²) in [5.41, 5.74) is -0.339. The summed E-state index contributed by atoms with van der Waals surface area (Å²) in [6, 6.07) is 25.6. The Hall–Kier alpha value is -4.54. The molecule has 0 amide bonds. The predicted molar refractivity (Wildman–Crippen MR) is 187 cm³/mol. The molecule has 0 aliphatic carbocycles. The van der Waals surface area contributed by atoms with Gasteiger partial charge in [-0.1, -0.05) is 54.6 Å². The minimum Gasteiger partial charge on any atom is -0.497 e. The second-order valence-corrected chi connectivity index (χ2v) is 14.5. The van der Waals surface area contributed by atoms with Crippen LogP contribution in [0.5, 0.6) is 11.5 Å². The Balaban J connectivity index is 1.37. The van der Waals surface area contributed by atoms with Gasteiger partial charge in [0.25, 0.3) is 10.7 Å². The first-order chi connectivity index (χ1) is 24.0. The molecule has 264 valence electrons. The molecule has 0 bridgehead atoms. The monoisotopic (exact) mass is 723 g/mol. The zero-order valence-electron chi connectivity index (χ0n) is 27.3. The number of H-pyrrole nitrogens is 1. The molecule has 13 nitrogen and oxygen atoms in total. The average Bonchev–Trinajstić information content (AvgIpc) is 3.43. The lowest BCUT2D eigenvalue weighted by atomic mass is 9.80. The minimum atomic E-state index is -3.20. The maximum Gasteiger partial charge on any atom is 0.330 e. The molecule has 0 spiro atoms. The van der Waals surface area contributed by atoms with E-state index in [1.807, 2.05) is 78.9 Å². The molecule has 2 saturated heterocycles. The molecule has 0 saturated carbocycles. The van der Waals surface area contributed by atoms with Crippen molar-refractivity contribution < 1.29 is 37.2 Å². The number of aromatic amines is 1. The molecule has 15 heteroatoms. The van der Waals surface area contributed by atoms with Crippen molar-refractivity contribution in [2.45, 2.75) is 30.1 Å². The summed E-state index contributed by atoms with van der Waals surface area (Å²) >= 11 is 5.54. The fourth-order valence-corrected chi connectivity index (χ4v) is 7.70. The zero-order valence-corrected chi connectivity index (χ0v) is 29.0. The number of ether oxygens (including phenoxy) is 5. The Kier molecular flexibility index (Phi) is 10.4. The Labute approximate surface area is 293 Å². The summed E-state index contributed by atoms with van der Waals surface area (Å²) in [6.45, 7) is 0.0330. The lowest BCUT2D eigenvalue weighted by molar-refractivity contribution is -0.0957. The summed E-state index contributed by atoms with van der Waals surface area (Å²) < 4.78 is 55.4. The predicted octanol–water partition coefficient (Wildman–Crippen LogP) is 2.22. The molecule has 3 heterocycles. The van der Waals surface area contributed by atoms with Crippen LogP contribution in [0.4, 0.5) is 0 Å². The van der Waals surface area contributed by atoms with Crippen LogP contribution in [0.2, 0.25) is 0 Å². The Morgan fingerprint density at radius 2 is 1.46 bits per heavy atom. The van der Waals surface area contributed by atoms with Gasteiger partial charge >= 0.3 is 5.69 Å². The van der Waals surface area contributed by atoms with E-state index in [0.717, 1.165) is 27.3 Å². The van der Waals surface area contributed by atoms with E-state index in [-0.39, 0.29) is 36.4 Å². The van der Waals surface area contributed by atoms with Gasteiger partial charge in [-0.3, -0.25) is 14.3 Å². The van der Waals surface area contributed by atoms with Gasteiger partial charge in [-0.05, 0) is 53.2 Å². The van der Waals surface area contributed by atoms with Gasteiger partial charge in [-0.2, -0.15) is 0 Å². The maximum atomic E-state index is 13.0. The number of methoxy groups -OCH3 is 2. The first kappa shape index (κ1) is 35.3. The Bertz CT molecular complexity index is 1960. The number of benzene rings is 3. The highest BCUT2D eigenvalue weighted by atomic mass is 32.2. The number of sulfone groups is 1. The molecular formula is C35H37N3O10S2. The van der Waals surface area contributed by atoms with E-state index in [1.54, 1.807) is 19.1 Å². The van der Waals surface area contributed by atoms with E-state index in [1.165, 1.54) is 6.20 Å². The van der Waals surface area contributed by atoms with Crippen molar-refractivity contribution in [1.29, 1.82) is 0 Å². The fourth-order valence-electron chi connectivity index (χ4n) is 6.20. The highest BCUT2D eigenvalue weighted by Gasteiger charge is 2.49. The quantitative estimate of drug-likeness (QED) is 0.182. The van der Waals surface area contributed by atoms with Crippen LogP contribution in [0.1, 0.15) is 22.9 Å². The van der Waals surface area contributed by atoms with Crippen molar-refractivity contribution in [3.8, 4) is 11.5 Å². The van der Waals surface area contributed by atoms with E-state index < -0.39 is 51.2 Å². The highest BCUT2D eigenvalue weighted by molar-refractivity contribution is 7.91. The summed E-state index contributed by atoms with van der Waals surface area (Å²) in [7, 11) is -0.0321. The third-order valence-corrected chi connectivity index (χ3v) is 10.9. The zero-order chi connectivity index (χ0) is 35.5. The standard InChI is InChI=1S/C35H37N3O10S2/c1-44-26-12-8-24(9-13-26)35(23-6-4-3-5-7-23,25-10-14-27(45-2)15-11-25)46-22-28-30(40)31(32(47-28)38-17-16-29(39)36-33(38)41)48-34(49)37-18-20-50(42,43)21-19-37/h3-17,28,30-32,40H,18-22H2,1-2H3,(H,36,39,41)/t28-,30?,31?,32-/m1/s1. The number of hydrogen-bond donors (Lipinski definition) is 2. The van der Waals surface area contributed by atoms with Crippen molar-refractivity contribution in [3.63, 3.8) is 0 Å². The lowest BCUT2D eigenvalue weighted by Crippen LogP contribution is -2.47. The van der Waals surface area contributed by atoms with Crippen molar-refractivity contribution in [3.05, 3.63) is 129 Å². The number of aliphatic hydroxyl groups is 1. The van der Waals surface area contributed by atoms with Crippen LogP contribution in [0, 0.1) is 0 Å². The highest BCUT2D eigenvalue weighted by Crippen LogP contribution is 2.43. The molecule has 4 aromatic rings. The smallest absolute Gasteiger partial charge is 0.330 e. The molecule has 0 radical (unpaired) electrons. The van der Waals surface area contributed by atoms with Crippen LogP contribution in [0.25, 0.3) is 0 Å². The normalized spacial score (nSPS) is 21.8. The van der Waals surface area contributed by atoms with Crippen molar-refractivity contribution in [2.75, 3.05) is 45.4 Å². The first-order valence-electron chi connectivity index (χ1n) is 15.8. The minimum absolute atomic E-state index is 0.0494. The largest absolute Gasteiger partial charge is 0.497 e. The number of hydrogen-bond acceptors (Lipinski definition) is 11. The van der Waals surface area contributed by atoms with Crippen LogP contribution >= 0.6 is 12.2 Å². The van der Waals surface area contributed by atoms with Crippen molar-refractivity contribution >= 4 is 27.2 Å². The van der Waals surface area contributed by atoms with Gasteiger partial charge in [0, 0.05) is 25.4 Å². The summed E-state index contributed by atoms with van der Waals surface area (Å²) in [5, 5.41) is 11.7. The Morgan fingerprint density at radius 3 is 2.00 bits per heavy atom. The molecule has 6 rings (SSSR count). The SMILES string of the molecule is COc1ccc(C(OC[C@H]2O[C@@H](n3ccc(=O)[nH]c3=O)C(OC(=S)N3CCS(=O)(=O)CC3)C2O)(c2ccccc2)c2ccc(OC)cc2)cc1. The second-order valence-electron chi connectivity index (χ2n) is 11.9. The summed E-state index contributed by atoms with van der Waals surface area (Å²) in [5.74, 6) is 1.10. The van der Waals surface area contributed by atoms with E-state index in [2.05, 4.69) is 4.98 Å². The molecule has 2 fully saturated rings. The molecule has 2 unspecified atom stereocenters. The van der Waals surface area contributed by atoms with Gasteiger partial charge in [0.15, 0.2) is 22.2 Å². The van der Waals surface area contributed by atoms with Crippen LogP contribution < -0.4 is 20.7 Å². The lowest BCUT2D eigenvalue weighted by Gasteiger charge is -2.37. The van der Waals surface area contributed by atoms with Gasteiger partial charge < -0.3 is 33.7 Å². The number of nitrogens with zero attached hydrogens (tertiary/aromatic N) is 2. The molecular weight excluding hydrogens is 687 g/mol. The van der Waals surface area contributed by atoms with Crippen molar-refractivity contribution in [2.24, 2.45) is 0 Å². The first-order valence-corrected chi connectivity index (χ1v) is 18.1. The molecule has 2 aliphatic heterocycles. The van der Waals surface area contributed by atoms with Crippen molar-refractivity contribution in [1.82, 2.24) is 14.5 Å². The van der Waals surface area contributed by atoms with Crippen LogP contribution in [0.3, 0.4) is 0 Å². The summed E-state index contributed by atoms with van der Waals surface area (Å²) in [4.78, 5) is 28.6. The van der Waals surface area contributed by atoms with Gasteiger partial charge in [0.1, 0.15) is 29.3 Å². The van der Waals surface area contributed by atoms with Crippen LogP contribution in [-0.2, 0) is 29.6 Å². The van der Waals surface area contributed by atoms with E-state index in [0.29, 0.717) is 11.5 Å². The molecule has 2 aliphatic rings. The van der Waals surface area contributed by atoms with Gasteiger partial charge in [0.2, 0.25) is 0 Å². The topological polar surface area (TPSA) is 159 Å². The molecule has 4 atom stereocenters. The summed E-state index contributed by atoms with van der Waals surface area (Å²) in [6.07, 6.45) is -3.66. The fraction of sp³-hybridized carbons (Fsp3) is 0.343. The van der Waals surface area contributed by atoms with E-state index >= 15 is 0 Å². The molecule has 50 heavy (non-hydrogen) atoms. The number of thiocarbonyl (C=S) groups is 1. The van der Waals surface area contributed by atoms with E-state index in [9.17, 15) is 23.1 Å². The second kappa shape index (κ2) is 14.7. The van der Waals surface area contributed by atoms with Crippen LogP contribution in [0.15, 0.2) is 101 Å². The number of aromatic nitrogens is 2. The van der Waals surface area contributed by atoms with Gasteiger partial charge in [-0.15, -0.1) is 0 Å². The third kappa shape index (κ3) is 7.18. The number of rotatable bonds is 10. The van der Waals surface area contributed by atoms with Gasteiger partial charge in [-0.25, -0.2) is 13.2 Å².